The first-order chi connectivity index (χ1) is 18.0. The van der Waals surface area contributed by atoms with Crippen LogP contribution in [0.2, 0.25) is 0 Å². The largest absolute Gasteiger partial charge is 0.0974 e. The van der Waals surface area contributed by atoms with Crippen molar-refractivity contribution in [2.75, 3.05) is 25.7 Å². The van der Waals surface area contributed by atoms with Gasteiger partial charge in [0, 0.05) is 11.3 Å². The van der Waals surface area contributed by atoms with E-state index in [-0.39, 0.29) is 31.7 Å². The minimum Gasteiger partial charge on any atom is -0.0974 e. The molecule has 0 radical (unpaired) electrons. The summed E-state index contributed by atoms with van der Waals surface area (Å²) in [5, 5.41) is 1.19. The van der Waals surface area contributed by atoms with Gasteiger partial charge in [-0.1, -0.05) is 122 Å². The maximum Gasteiger partial charge on any atom is 0.0153 e. The number of rotatable bonds is 2. The molecule has 0 bridgehead atoms. The van der Waals surface area contributed by atoms with Crippen LogP contribution in [-0.4, -0.2) is 47.3 Å². The summed E-state index contributed by atoms with van der Waals surface area (Å²) in [4.78, 5) is 0. The van der Waals surface area contributed by atoms with E-state index >= 15 is 0 Å². The van der Waals surface area contributed by atoms with Crippen molar-refractivity contribution < 1.29 is 0 Å². The first kappa shape index (κ1) is 29.6. The van der Waals surface area contributed by atoms with E-state index in [1.807, 2.05) is 0 Å². The molecule has 2 aromatic carbocycles. The third kappa shape index (κ3) is 6.02. The zero-order valence-electron chi connectivity index (χ0n) is 25.4. The molecule has 4 aliphatic heterocycles. The highest BCUT2D eigenvalue weighted by molar-refractivity contribution is 7.64. The fourth-order valence-corrected chi connectivity index (χ4v) is 22.3. The smallest absolute Gasteiger partial charge is 0.0153 e. The molecule has 0 nitrogen and oxygen atoms in total. The topological polar surface area (TPSA) is 0 Å². The van der Waals surface area contributed by atoms with Gasteiger partial charge in [0.05, 0.1) is 0 Å². The van der Waals surface area contributed by atoms with Gasteiger partial charge in [-0.15, -0.1) is 0 Å². The van der Waals surface area contributed by atoms with E-state index in [1.165, 1.54) is 25.2 Å². The molecule has 4 heteroatoms. The molecule has 0 aromatic heterocycles. The zero-order valence-corrected chi connectivity index (χ0v) is 29.0. The van der Waals surface area contributed by atoms with Crippen LogP contribution < -0.4 is 0 Å². The third-order valence-electron chi connectivity index (χ3n) is 9.60. The Balaban J connectivity index is 0.000000156. The van der Waals surface area contributed by atoms with Gasteiger partial charge in [0.2, 0.25) is 0 Å². The number of hydrogen-bond acceptors (Lipinski definition) is 0. The van der Waals surface area contributed by atoms with Crippen molar-refractivity contribution in [3.05, 3.63) is 70.8 Å². The monoisotopic (exact) mass is 584 g/mol. The van der Waals surface area contributed by atoms with Gasteiger partial charge in [-0.2, -0.15) is 0 Å². The van der Waals surface area contributed by atoms with Crippen molar-refractivity contribution in [1.82, 2.24) is 0 Å². The van der Waals surface area contributed by atoms with E-state index < -0.39 is 0 Å². The zero-order chi connectivity index (χ0) is 27.2. The summed E-state index contributed by atoms with van der Waals surface area (Å²) < 4.78 is 0. The molecule has 0 spiro atoms. The van der Waals surface area contributed by atoms with Crippen molar-refractivity contribution >= 4 is 31.7 Å². The second kappa shape index (κ2) is 11.8. The quantitative estimate of drug-likeness (QED) is 0.308. The van der Waals surface area contributed by atoms with Gasteiger partial charge in [0.15, 0.2) is 0 Å². The molecule has 0 saturated carbocycles. The summed E-state index contributed by atoms with van der Waals surface area (Å²) in [6.45, 7) is 20.1. The molecule has 4 aliphatic rings. The van der Waals surface area contributed by atoms with Gasteiger partial charge < -0.3 is 0 Å². The summed E-state index contributed by atoms with van der Waals surface area (Å²) >= 11 is 0. The normalized spacial score (nSPS) is 34.5. The molecule has 4 heterocycles. The Morgan fingerprint density at radius 2 is 0.947 bits per heavy atom. The molecule has 0 aliphatic carbocycles. The predicted octanol–water partition coefficient (Wildman–Crippen LogP) is 11.6. The lowest BCUT2D eigenvalue weighted by atomic mass is 9.98. The van der Waals surface area contributed by atoms with Gasteiger partial charge in [-0.3, -0.25) is 0 Å². The highest BCUT2D eigenvalue weighted by atomic mass is 31.1. The van der Waals surface area contributed by atoms with Crippen LogP contribution in [0.25, 0.3) is 0 Å². The van der Waals surface area contributed by atoms with Gasteiger partial charge >= 0.3 is 0 Å². The SMILES string of the molecule is CC(C)(C)P1CCCC1[C@@H]1CCCP1C(C)(C)C.CP1Cc2ccccc2C1[C@@H]1c2ccccc2CP1C. The Labute approximate surface area is 239 Å². The molecular weight excluding hydrogens is 532 g/mol. The van der Waals surface area contributed by atoms with Gasteiger partial charge in [0.25, 0.3) is 0 Å². The summed E-state index contributed by atoms with van der Waals surface area (Å²) in [6.07, 6.45) is 12.0. The fourth-order valence-electron chi connectivity index (χ4n) is 8.02. The van der Waals surface area contributed by atoms with E-state index in [2.05, 4.69) is 103 Å². The van der Waals surface area contributed by atoms with E-state index in [0.29, 0.717) is 10.3 Å². The molecule has 2 fully saturated rings. The Kier molecular flexibility index (Phi) is 9.21. The average Bonchev–Trinajstić information content (AvgIpc) is 3.62. The van der Waals surface area contributed by atoms with Crippen molar-refractivity contribution in [3.8, 4) is 0 Å². The maximum absolute atomic E-state index is 2.52. The fraction of sp³-hybridized carbons (Fsp3) is 0.647. The lowest BCUT2D eigenvalue weighted by molar-refractivity contribution is 0.671. The van der Waals surface area contributed by atoms with Gasteiger partial charge in [0.1, 0.15) is 0 Å². The number of fused-ring (bicyclic) bond motifs is 2. The van der Waals surface area contributed by atoms with Crippen molar-refractivity contribution in [2.45, 2.75) is 112 Å². The van der Waals surface area contributed by atoms with Crippen molar-refractivity contribution in [2.24, 2.45) is 0 Å². The minimum absolute atomic E-state index is 0.0988. The summed E-state index contributed by atoms with van der Waals surface area (Å²) in [7, 11) is 0.761. The first-order valence-corrected chi connectivity index (χ1v) is 22.3. The molecule has 38 heavy (non-hydrogen) atoms. The van der Waals surface area contributed by atoms with Crippen LogP contribution in [0.4, 0.5) is 0 Å². The minimum atomic E-state index is 0.0988. The third-order valence-corrected chi connectivity index (χ3v) is 22.7. The standard InChI is InChI=1S/C18H20P2.C16H32P2/c1-19-11-13-7-3-5-9-15(13)17(19)18-16-10-6-4-8-14(16)12-20(18)2;1-15(2,3)17-11-7-9-13(17)14-10-8-12-18(14)16(4,5)6/h3-10,17-18H,11-12H2,1-2H3;13-14H,7-12H2,1-6H3/t17-,18?,19?,20?;13-,14?,17?,18?/m00/s1. The van der Waals surface area contributed by atoms with Crippen LogP contribution in [0.3, 0.4) is 0 Å². The highest BCUT2D eigenvalue weighted by Gasteiger charge is 2.46. The van der Waals surface area contributed by atoms with Crippen LogP contribution in [0, 0.1) is 0 Å². The van der Waals surface area contributed by atoms with E-state index in [1.54, 1.807) is 47.4 Å². The molecule has 0 N–H and O–H groups in total. The second-order valence-electron chi connectivity index (χ2n) is 14.3. The predicted molar refractivity (Wildman–Crippen MR) is 181 cm³/mol. The molecule has 2 aromatic rings. The van der Waals surface area contributed by atoms with Crippen molar-refractivity contribution in [1.29, 1.82) is 0 Å². The summed E-state index contributed by atoms with van der Waals surface area (Å²) in [6, 6.07) is 18.4. The van der Waals surface area contributed by atoms with Crippen LogP contribution >= 0.6 is 31.7 Å². The first-order valence-electron chi connectivity index (χ1n) is 15.1. The van der Waals surface area contributed by atoms with E-state index in [9.17, 15) is 0 Å². The Bertz CT molecular complexity index is 1010. The molecule has 2 saturated heterocycles. The Morgan fingerprint density at radius 1 is 0.579 bits per heavy atom. The molecule has 0 amide bonds. The van der Waals surface area contributed by atoms with E-state index in [4.69, 9.17) is 0 Å². The van der Waals surface area contributed by atoms with E-state index in [0.717, 1.165) is 22.6 Å². The lowest BCUT2D eigenvalue weighted by Crippen LogP contribution is -2.29. The summed E-state index contributed by atoms with van der Waals surface area (Å²) in [5.41, 5.74) is 10.4. The Morgan fingerprint density at radius 3 is 1.32 bits per heavy atom. The van der Waals surface area contributed by atoms with Crippen molar-refractivity contribution in [3.63, 3.8) is 0 Å². The molecule has 6 rings (SSSR count). The molecular formula is C34H52P4. The van der Waals surface area contributed by atoms with Crippen LogP contribution in [0.15, 0.2) is 48.5 Å². The average molecular weight is 585 g/mol. The van der Waals surface area contributed by atoms with Gasteiger partial charge in [-0.05, 0) is 108 Å². The van der Waals surface area contributed by atoms with Gasteiger partial charge in [-0.25, -0.2) is 0 Å². The lowest BCUT2D eigenvalue weighted by Gasteiger charge is -2.42. The maximum atomic E-state index is 2.52. The van der Waals surface area contributed by atoms with Crippen LogP contribution in [-0.2, 0) is 12.3 Å². The summed E-state index contributed by atoms with van der Waals surface area (Å²) in [5.74, 6) is 0. The van der Waals surface area contributed by atoms with Crippen LogP contribution in [0.1, 0.15) is 101 Å². The van der Waals surface area contributed by atoms with Crippen LogP contribution in [0.5, 0.6) is 0 Å². The molecule has 6 unspecified atom stereocenters. The highest BCUT2D eigenvalue weighted by Crippen LogP contribution is 2.73. The number of hydrogen-bond donors (Lipinski definition) is 0. The number of benzene rings is 2. The second-order valence-corrected chi connectivity index (χ2v) is 25.8. The molecule has 208 valence electrons. The Hall–Kier alpha value is 0.160. The molecule has 8 atom stereocenters.